The fourth-order valence-corrected chi connectivity index (χ4v) is 1.39. The summed E-state index contributed by atoms with van der Waals surface area (Å²) in [6, 6.07) is 9.11. The van der Waals surface area contributed by atoms with Crippen LogP contribution < -0.4 is 5.73 Å². The number of rotatable bonds is 6. The summed E-state index contributed by atoms with van der Waals surface area (Å²) < 4.78 is 5.08. The minimum Gasteiger partial charge on any atom is -0.463 e. The van der Waals surface area contributed by atoms with Gasteiger partial charge in [0.15, 0.2) is 0 Å². The molecule has 0 amide bonds. The molecule has 0 spiro atoms. The van der Waals surface area contributed by atoms with Crippen LogP contribution in [0.1, 0.15) is 5.56 Å². The number of benzene rings is 1. The number of nitrogens with two attached hydrogens (primary N) is 1. The van der Waals surface area contributed by atoms with Crippen LogP contribution in [0.25, 0.3) is 0 Å². The summed E-state index contributed by atoms with van der Waals surface area (Å²) in [5.41, 5.74) is 6.82. The molecule has 4 nitrogen and oxygen atoms in total. The molecule has 94 valence electrons. The SMILES string of the molecule is CN(C)CCOC(=O)C(N)Cc1ccccc1. The van der Waals surface area contributed by atoms with E-state index in [9.17, 15) is 4.79 Å². The summed E-state index contributed by atoms with van der Waals surface area (Å²) in [6.07, 6.45) is 0.516. The maximum Gasteiger partial charge on any atom is 0.323 e. The van der Waals surface area contributed by atoms with Crippen molar-refractivity contribution in [1.29, 1.82) is 0 Å². The third kappa shape index (κ3) is 5.47. The van der Waals surface area contributed by atoms with Crippen LogP contribution in [-0.4, -0.2) is 44.2 Å². The molecule has 1 atom stereocenters. The monoisotopic (exact) mass is 236 g/mol. The highest BCUT2D eigenvalue weighted by molar-refractivity contribution is 5.75. The minimum absolute atomic E-state index is 0.337. The maximum atomic E-state index is 11.6. The lowest BCUT2D eigenvalue weighted by molar-refractivity contribution is -0.145. The summed E-state index contributed by atoms with van der Waals surface area (Å²) >= 11 is 0. The fraction of sp³-hybridized carbons (Fsp3) is 0.462. The van der Waals surface area contributed by atoms with Crippen LogP contribution >= 0.6 is 0 Å². The van der Waals surface area contributed by atoms with Crippen molar-refractivity contribution in [3.8, 4) is 0 Å². The van der Waals surface area contributed by atoms with Gasteiger partial charge in [0.2, 0.25) is 0 Å². The van der Waals surface area contributed by atoms with Crippen molar-refractivity contribution in [2.24, 2.45) is 5.73 Å². The summed E-state index contributed by atoms with van der Waals surface area (Å²) in [5, 5.41) is 0. The van der Waals surface area contributed by atoms with E-state index in [4.69, 9.17) is 10.5 Å². The van der Waals surface area contributed by atoms with Crippen LogP contribution in [0.5, 0.6) is 0 Å². The number of hydrogen-bond acceptors (Lipinski definition) is 4. The van der Waals surface area contributed by atoms with Crippen molar-refractivity contribution in [1.82, 2.24) is 4.90 Å². The van der Waals surface area contributed by atoms with Crippen molar-refractivity contribution >= 4 is 5.97 Å². The van der Waals surface area contributed by atoms with Crippen molar-refractivity contribution in [3.05, 3.63) is 35.9 Å². The van der Waals surface area contributed by atoms with Crippen LogP contribution in [0.4, 0.5) is 0 Å². The Balaban J connectivity index is 2.32. The number of carbonyl (C=O) groups is 1. The van der Waals surface area contributed by atoms with E-state index in [1.165, 1.54) is 0 Å². The Labute approximate surface area is 102 Å². The first kappa shape index (κ1) is 13.7. The van der Waals surface area contributed by atoms with Crippen LogP contribution in [0, 0.1) is 0 Å². The Kier molecular flexibility index (Phi) is 5.66. The Morgan fingerprint density at radius 1 is 1.35 bits per heavy atom. The van der Waals surface area contributed by atoms with Gasteiger partial charge in [-0.15, -0.1) is 0 Å². The van der Waals surface area contributed by atoms with Crippen LogP contribution in [0.15, 0.2) is 30.3 Å². The van der Waals surface area contributed by atoms with Crippen molar-refractivity contribution in [2.45, 2.75) is 12.5 Å². The molecule has 0 heterocycles. The van der Waals surface area contributed by atoms with Gasteiger partial charge in [0, 0.05) is 6.54 Å². The zero-order valence-corrected chi connectivity index (χ0v) is 10.4. The highest BCUT2D eigenvalue weighted by atomic mass is 16.5. The molecule has 0 bridgehead atoms. The van der Waals surface area contributed by atoms with Gasteiger partial charge in [-0.1, -0.05) is 30.3 Å². The maximum absolute atomic E-state index is 11.6. The molecule has 0 radical (unpaired) electrons. The number of hydrogen-bond donors (Lipinski definition) is 1. The van der Waals surface area contributed by atoms with Crippen LogP contribution in [-0.2, 0) is 16.0 Å². The highest BCUT2D eigenvalue weighted by Gasteiger charge is 2.15. The molecule has 0 fully saturated rings. The average molecular weight is 236 g/mol. The standard InChI is InChI=1S/C13H20N2O2/c1-15(2)8-9-17-13(16)12(14)10-11-6-4-3-5-7-11/h3-7,12H,8-10,14H2,1-2H3. The lowest BCUT2D eigenvalue weighted by Gasteiger charge is -2.13. The van der Waals surface area contributed by atoms with Crippen molar-refractivity contribution in [3.63, 3.8) is 0 Å². The van der Waals surface area contributed by atoms with E-state index in [-0.39, 0.29) is 5.97 Å². The molecule has 0 aliphatic heterocycles. The van der Waals surface area contributed by atoms with E-state index in [1.807, 2.05) is 49.3 Å². The third-order valence-corrected chi connectivity index (χ3v) is 2.38. The predicted molar refractivity (Wildman–Crippen MR) is 67.6 cm³/mol. The van der Waals surface area contributed by atoms with Gasteiger partial charge < -0.3 is 15.4 Å². The van der Waals surface area contributed by atoms with E-state index < -0.39 is 6.04 Å². The average Bonchev–Trinajstić information content (AvgIpc) is 2.29. The molecule has 0 aliphatic carbocycles. The molecule has 1 aromatic carbocycles. The normalized spacial score (nSPS) is 12.5. The van der Waals surface area contributed by atoms with E-state index in [0.29, 0.717) is 19.6 Å². The molecular weight excluding hydrogens is 216 g/mol. The summed E-state index contributed by atoms with van der Waals surface area (Å²) in [7, 11) is 3.86. The van der Waals surface area contributed by atoms with Gasteiger partial charge in [-0.05, 0) is 26.1 Å². The van der Waals surface area contributed by atoms with Crippen LogP contribution in [0.2, 0.25) is 0 Å². The van der Waals surface area contributed by atoms with Gasteiger partial charge in [-0.3, -0.25) is 4.79 Å². The molecule has 17 heavy (non-hydrogen) atoms. The molecule has 1 aromatic rings. The topological polar surface area (TPSA) is 55.6 Å². The molecule has 1 rings (SSSR count). The summed E-state index contributed by atoms with van der Waals surface area (Å²) in [6.45, 7) is 1.10. The molecule has 0 saturated carbocycles. The van der Waals surface area contributed by atoms with E-state index in [2.05, 4.69) is 0 Å². The Hall–Kier alpha value is -1.39. The lowest BCUT2D eigenvalue weighted by atomic mass is 10.1. The first-order valence-electron chi connectivity index (χ1n) is 5.70. The lowest BCUT2D eigenvalue weighted by Crippen LogP contribution is -2.35. The number of nitrogens with zero attached hydrogens (tertiary/aromatic N) is 1. The summed E-state index contributed by atoms with van der Waals surface area (Å²) in [4.78, 5) is 13.5. The van der Waals surface area contributed by atoms with Gasteiger partial charge in [-0.25, -0.2) is 0 Å². The molecule has 0 aliphatic rings. The fourth-order valence-electron chi connectivity index (χ4n) is 1.39. The van der Waals surface area contributed by atoms with Gasteiger partial charge in [-0.2, -0.15) is 0 Å². The first-order valence-corrected chi connectivity index (χ1v) is 5.70. The largest absolute Gasteiger partial charge is 0.463 e. The minimum atomic E-state index is -0.584. The van der Waals surface area contributed by atoms with E-state index in [1.54, 1.807) is 0 Å². The number of esters is 1. The van der Waals surface area contributed by atoms with Gasteiger partial charge in [0.05, 0.1) is 0 Å². The Morgan fingerprint density at radius 2 is 2.00 bits per heavy atom. The Bertz CT molecular complexity index is 339. The number of carbonyl (C=O) groups excluding carboxylic acids is 1. The molecular formula is C13H20N2O2. The molecule has 2 N–H and O–H groups in total. The zero-order chi connectivity index (χ0) is 12.7. The second-order valence-electron chi connectivity index (χ2n) is 4.27. The first-order chi connectivity index (χ1) is 8.09. The molecule has 0 saturated heterocycles. The third-order valence-electron chi connectivity index (χ3n) is 2.38. The van der Waals surface area contributed by atoms with Gasteiger partial charge in [0.25, 0.3) is 0 Å². The number of ether oxygens (including phenoxy) is 1. The zero-order valence-electron chi connectivity index (χ0n) is 10.4. The molecule has 1 unspecified atom stereocenters. The molecule has 0 aromatic heterocycles. The second-order valence-corrected chi connectivity index (χ2v) is 4.27. The predicted octanol–water partition coefficient (Wildman–Crippen LogP) is 0.661. The molecule has 4 heteroatoms. The Morgan fingerprint density at radius 3 is 2.59 bits per heavy atom. The summed E-state index contributed by atoms with van der Waals surface area (Å²) in [5.74, 6) is -0.337. The second kappa shape index (κ2) is 7.04. The van der Waals surface area contributed by atoms with E-state index in [0.717, 1.165) is 5.56 Å². The highest BCUT2D eigenvalue weighted by Crippen LogP contribution is 2.02. The van der Waals surface area contributed by atoms with Crippen LogP contribution in [0.3, 0.4) is 0 Å². The van der Waals surface area contributed by atoms with Crippen molar-refractivity contribution < 1.29 is 9.53 Å². The smallest absolute Gasteiger partial charge is 0.323 e. The van der Waals surface area contributed by atoms with Gasteiger partial charge in [0.1, 0.15) is 12.6 Å². The van der Waals surface area contributed by atoms with Crippen molar-refractivity contribution in [2.75, 3.05) is 27.2 Å². The van der Waals surface area contributed by atoms with E-state index >= 15 is 0 Å². The quantitative estimate of drug-likeness (QED) is 0.737. The number of likely N-dealkylation sites (N-methyl/N-ethyl adjacent to an activating group) is 1. The van der Waals surface area contributed by atoms with Gasteiger partial charge >= 0.3 is 5.97 Å².